The number of aromatic nitrogens is 4. The fourth-order valence-corrected chi connectivity index (χ4v) is 4.67. The molecule has 5 rings (SSSR count). The van der Waals surface area contributed by atoms with Crippen molar-refractivity contribution in [1.29, 1.82) is 5.26 Å². The lowest BCUT2D eigenvalue weighted by atomic mass is 9.98. The lowest BCUT2D eigenvalue weighted by Crippen LogP contribution is -2.32. The molecular weight excluding hydrogens is 476 g/mol. The van der Waals surface area contributed by atoms with E-state index >= 15 is 0 Å². The third-order valence-electron chi connectivity index (χ3n) is 7.06. The zero-order valence-corrected chi connectivity index (χ0v) is 21.6. The largest absolute Gasteiger partial charge is 0.490 e. The predicted octanol–water partition coefficient (Wildman–Crippen LogP) is 4.57. The molecule has 0 radical (unpaired) electrons. The molecule has 4 aromatic rings. The molecule has 0 amide bonds. The number of hydrogen-bond acceptors (Lipinski definition) is 7. The SMILES string of the molecule is C[C@@H](c1cccc(-c2ncc(OCC3CCN(C)CC3)cn2)c1)n1nc(-c2cccc(C#N)c2)ccc1=O. The van der Waals surface area contributed by atoms with E-state index < -0.39 is 0 Å². The van der Waals surface area contributed by atoms with E-state index in [1.807, 2.05) is 43.3 Å². The van der Waals surface area contributed by atoms with Crippen LogP contribution in [0.25, 0.3) is 22.6 Å². The number of rotatable bonds is 7. The highest BCUT2D eigenvalue weighted by molar-refractivity contribution is 5.61. The van der Waals surface area contributed by atoms with Crippen LogP contribution in [0.1, 0.15) is 36.9 Å². The van der Waals surface area contributed by atoms with Crippen molar-refractivity contribution in [3.63, 3.8) is 0 Å². The molecule has 0 aliphatic carbocycles. The van der Waals surface area contributed by atoms with Gasteiger partial charge in [0.25, 0.3) is 5.56 Å². The van der Waals surface area contributed by atoms with Crippen molar-refractivity contribution in [1.82, 2.24) is 24.6 Å². The molecule has 192 valence electrons. The lowest BCUT2D eigenvalue weighted by molar-refractivity contribution is 0.159. The molecule has 8 nitrogen and oxygen atoms in total. The summed E-state index contributed by atoms with van der Waals surface area (Å²) in [4.78, 5) is 24.1. The third kappa shape index (κ3) is 5.79. The second-order valence-corrected chi connectivity index (χ2v) is 9.80. The maximum atomic E-state index is 12.7. The summed E-state index contributed by atoms with van der Waals surface area (Å²) in [5, 5.41) is 13.8. The van der Waals surface area contributed by atoms with E-state index in [1.165, 1.54) is 10.7 Å². The smallest absolute Gasteiger partial charge is 0.267 e. The molecule has 0 unspecified atom stereocenters. The van der Waals surface area contributed by atoms with Gasteiger partial charge in [-0.05, 0) is 75.6 Å². The molecule has 2 aromatic carbocycles. The third-order valence-corrected chi connectivity index (χ3v) is 7.06. The number of likely N-dealkylation sites (tertiary alicyclic amines) is 1. The van der Waals surface area contributed by atoms with Crippen LogP contribution >= 0.6 is 0 Å². The highest BCUT2D eigenvalue weighted by atomic mass is 16.5. The molecule has 3 heterocycles. The van der Waals surface area contributed by atoms with Crippen LogP contribution in [0, 0.1) is 17.2 Å². The van der Waals surface area contributed by atoms with Gasteiger partial charge < -0.3 is 9.64 Å². The Bertz CT molecular complexity index is 1500. The van der Waals surface area contributed by atoms with Crippen LogP contribution in [-0.4, -0.2) is 51.4 Å². The average molecular weight is 507 g/mol. The number of benzene rings is 2. The molecule has 8 heteroatoms. The summed E-state index contributed by atoms with van der Waals surface area (Å²) in [6.45, 7) is 4.84. The Labute approximate surface area is 222 Å². The summed E-state index contributed by atoms with van der Waals surface area (Å²) in [6, 6.07) is 20.0. The van der Waals surface area contributed by atoms with Gasteiger partial charge in [-0.3, -0.25) is 4.79 Å². The van der Waals surface area contributed by atoms with E-state index in [4.69, 9.17) is 4.74 Å². The van der Waals surface area contributed by atoms with Gasteiger partial charge in [-0.2, -0.15) is 10.4 Å². The molecule has 38 heavy (non-hydrogen) atoms. The second kappa shape index (κ2) is 11.4. The van der Waals surface area contributed by atoms with Crippen molar-refractivity contribution in [2.24, 2.45) is 5.92 Å². The van der Waals surface area contributed by atoms with Crippen molar-refractivity contribution in [2.45, 2.75) is 25.8 Å². The maximum absolute atomic E-state index is 12.7. The molecule has 1 fully saturated rings. The van der Waals surface area contributed by atoms with Gasteiger partial charge in [0.15, 0.2) is 11.6 Å². The molecule has 0 bridgehead atoms. The van der Waals surface area contributed by atoms with E-state index in [9.17, 15) is 10.1 Å². The highest BCUT2D eigenvalue weighted by Gasteiger charge is 2.18. The first-order valence-electron chi connectivity index (χ1n) is 12.8. The van der Waals surface area contributed by atoms with Gasteiger partial charge >= 0.3 is 0 Å². The van der Waals surface area contributed by atoms with Gasteiger partial charge in [0.05, 0.1) is 42.4 Å². The second-order valence-electron chi connectivity index (χ2n) is 9.80. The fraction of sp³-hybridized carbons (Fsp3) is 0.300. The van der Waals surface area contributed by atoms with Gasteiger partial charge in [-0.15, -0.1) is 0 Å². The van der Waals surface area contributed by atoms with Crippen LogP contribution in [0.4, 0.5) is 0 Å². The van der Waals surface area contributed by atoms with Gasteiger partial charge in [-0.25, -0.2) is 14.6 Å². The number of ether oxygens (including phenoxy) is 1. The topological polar surface area (TPSA) is 96.9 Å². The Balaban J connectivity index is 1.32. The number of nitriles is 1. The molecule has 1 aliphatic heterocycles. The van der Waals surface area contributed by atoms with Gasteiger partial charge in [-0.1, -0.05) is 30.3 Å². The van der Waals surface area contributed by atoms with Crippen molar-refractivity contribution >= 4 is 0 Å². The van der Waals surface area contributed by atoms with Crippen molar-refractivity contribution in [3.05, 3.63) is 94.5 Å². The number of nitrogens with zero attached hydrogens (tertiary/aromatic N) is 6. The zero-order chi connectivity index (χ0) is 26.5. The van der Waals surface area contributed by atoms with Crippen LogP contribution in [0.2, 0.25) is 0 Å². The molecule has 1 saturated heterocycles. The average Bonchev–Trinajstić information content (AvgIpc) is 2.97. The molecular formula is C30H30N6O2. The van der Waals surface area contributed by atoms with E-state index in [2.05, 4.69) is 33.1 Å². The Morgan fingerprint density at radius 2 is 1.76 bits per heavy atom. The van der Waals surface area contributed by atoms with E-state index in [-0.39, 0.29) is 11.6 Å². The summed E-state index contributed by atoms with van der Waals surface area (Å²) in [7, 11) is 2.15. The lowest BCUT2D eigenvalue weighted by Gasteiger charge is -2.28. The fourth-order valence-electron chi connectivity index (χ4n) is 4.67. The van der Waals surface area contributed by atoms with Crippen molar-refractivity contribution in [3.8, 4) is 34.5 Å². The summed E-state index contributed by atoms with van der Waals surface area (Å²) in [6.07, 6.45) is 5.73. The Morgan fingerprint density at radius 3 is 2.53 bits per heavy atom. The summed E-state index contributed by atoms with van der Waals surface area (Å²) >= 11 is 0. The van der Waals surface area contributed by atoms with Crippen LogP contribution in [0.3, 0.4) is 0 Å². The maximum Gasteiger partial charge on any atom is 0.267 e. The van der Waals surface area contributed by atoms with Crippen LogP contribution in [0.5, 0.6) is 5.75 Å². The van der Waals surface area contributed by atoms with Crippen LogP contribution in [-0.2, 0) is 0 Å². The van der Waals surface area contributed by atoms with Gasteiger partial charge in [0.1, 0.15) is 0 Å². The minimum absolute atomic E-state index is 0.203. The number of hydrogen-bond donors (Lipinski definition) is 0. The molecule has 1 aliphatic rings. The predicted molar refractivity (Wildman–Crippen MR) is 146 cm³/mol. The van der Waals surface area contributed by atoms with Crippen LogP contribution < -0.4 is 10.3 Å². The minimum atomic E-state index is -0.321. The standard InChI is InChI=1S/C30H30N6O2/c1-21(36-29(37)10-9-28(34-36)25-7-3-5-23(15-25)17-31)24-6-4-8-26(16-24)30-32-18-27(19-33-30)38-20-22-11-13-35(2)14-12-22/h3-10,15-16,18-19,21-22H,11-14,20H2,1-2H3/t21-/m0/s1. The first-order chi connectivity index (χ1) is 18.5. The van der Waals surface area contributed by atoms with E-state index in [1.54, 1.807) is 30.6 Å². The molecule has 0 spiro atoms. The summed E-state index contributed by atoms with van der Waals surface area (Å²) in [5.41, 5.74) is 3.51. The Kier molecular flexibility index (Phi) is 7.57. The van der Waals surface area contributed by atoms with Crippen LogP contribution in [0.15, 0.2) is 77.9 Å². The Hall–Kier alpha value is -4.35. The van der Waals surface area contributed by atoms with Crippen molar-refractivity contribution in [2.75, 3.05) is 26.7 Å². The van der Waals surface area contributed by atoms with E-state index in [0.717, 1.165) is 42.6 Å². The normalized spacial score (nSPS) is 15.1. The monoisotopic (exact) mass is 506 g/mol. The quantitative estimate of drug-likeness (QED) is 0.362. The van der Waals surface area contributed by atoms with Gasteiger partial charge in [0, 0.05) is 17.2 Å². The summed E-state index contributed by atoms with van der Waals surface area (Å²) in [5.74, 6) is 1.83. The van der Waals surface area contributed by atoms with Crippen molar-refractivity contribution < 1.29 is 4.74 Å². The first-order valence-corrected chi connectivity index (χ1v) is 12.8. The van der Waals surface area contributed by atoms with E-state index in [0.29, 0.717) is 35.4 Å². The molecule has 1 atom stereocenters. The first kappa shape index (κ1) is 25.3. The summed E-state index contributed by atoms with van der Waals surface area (Å²) < 4.78 is 7.43. The molecule has 0 N–H and O–H groups in total. The van der Waals surface area contributed by atoms with Gasteiger partial charge in [0.2, 0.25) is 0 Å². The molecule has 2 aromatic heterocycles. The Morgan fingerprint density at radius 1 is 1.03 bits per heavy atom. The minimum Gasteiger partial charge on any atom is -0.490 e. The highest BCUT2D eigenvalue weighted by Crippen LogP contribution is 2.24. The molecule has 0 saturated carbocycles. The zero-order valence-electron chi connectivity index (χ0n) is 21.6. The number of piperidine rings is 1.